The molecular formula is C15H27NO2. The number of hydrogen-bond donors (Lipinski definition) is 1. The summed E-state index contributed by atoms with van der Waals surface area (Å²) in [6, 6.07) is 0.195. The third kappa shape index (κ3) is 3.71. The van der Waals surface area contributed by atoms with Gasteiger partial charge in [0.15, 0.2) is 0 Å². The summed E-state index contributed by atoms with van der Waals surface area (Å²) in [5.74, 6) is 1.43. The number of carbonyl (C=O) groups is 1. The lowest BCUT2D eigenvalue weighted by molar-refractivity contribution is -0.158. The van der Waals surface area contributed by atoms with Gasteiger partial charge in [-0.3, -0.25) is 4.79 Å². The van der Waals surface area contributed by atoms with Gasteiger partial charge in [0.2, 0.25) is 0 Å². The van der Waals surface area contributed by atoms with Crippen molar-refractivity contribution in [3.63, 3.8) is 0 Å². The van der Waals surface area contributed by atoms with Crippen molar-refractivity contribution in [2.45, 2.75) is 70.9 Å². The van der Waals surface area contributed by atoms with Crippen LogP contribution in [-0.4, -0.2) is 18.1 Å². The Morgan fingerprint density at radius 1 is 1.06 bits per heavy atom. The highest BCUT2D eigenvalue weighted by Gasteiger charge is 2.31. The second-order valence-corrected chi connectivity index (χ2v) is 6.60. The molecule has 0 aromatic heterocycles. The fourth-order valence-corrected chi connectivity index (χ4v) is 3.67. The average molecular weight is 253 g/mol. The first-order valence-corrected chi connectivity index (χ1v) is 7.50. The predicted octanol–water partition coefficient (Wildman–Crippen LogP) is 2.87. The van der Waals surface area contributed by atoms with Crippen molar-refractivity contribution in [1.29, 1.82) is 0 Å². The van der Waals surface area contributed by atoms with Gasteiger partial charge in [-0.2, -0.15) is 0 Å². The minimum atomic E-state index is 0.0106. The standard InChI is InChI=1S/C15H27NO2/c1-10-6-11(2)8-14(7-10)18-15(17)12-4-3-5-13(16)9-12/h10-14H,3-9,16H2,1-2H3. The van der Waals surface area contributed by atoms with Crippen LogP contribution < -0.4 is 5.73 Å². The molecule has 2 saturated carbocycles. The summed E-state index contributed by atoms with van der Waals surface area (Å²) < 4.78 is 5.73. The van der Waals surface area contributed by atoms with E-state index in [1.807, 2.05) is 0 Å². The molecule has 2 N–H and O–H groups in total. The Morgan fingerprint density at radius 2 is 1.72 bits per heavy atom. The van der Waals surface area contributed by atoms with Crippen LogP contribution in [0.25, 0.3) is 0 Å². The van der Waals surface area contributed by atoms with E-state index >= 15 is 0 Å². The topological polar surface area (TPSA) is 52.3 Å². The summed E-state index contributed by atoms with van der Waals surface area (Å²) >= 11 is 0. The Hall–Kier alpha value is -0.570. The smallest absolute Gasteiger partial charge is 0.309 e. The highest BCUT2D eigenvalue weighted by Crippen LogP contribution is 2.32. The number of ether oxygens (including phenoxy) is 1. The summed E-state index contributed by atoms with van der Waals surface area (Å²) in [5.41, 5.74) is 5.93. The minimum absolute atomic E-state index is 0.0106. The molecular weight excluding hydrogens is 226 g/mol. The largest absolute Gasteiger partial charge is 0.462 e. The number of rotatable bonds is 2. The quantitative estimate of drug-likeness (QED) is 0.770. The minimum Gasteiger partial charge on any atom is -0.462 e. The van der Waals surface area contributed by atoms with Gasteiger partial charge in [0.05, 0.1) is 5.92 Å². The van der Waals surface area contributed by atoms with Gasteiger partial charge in [-0.15, -0.1) is 0 Å². The van der Waals surface area contributed by atoms with E-state index in [0.717, 1.165) is 38.5 Å². The molecule has 2 aliphatic carbocycles. The summed E-state index contributed by atoms with van der Waals surface area (Å²) in [4.78, 5) is 12.1. The van der Waals surface area contributed by atoms with E-state index in [4.69, 9.17) is 10.5 Å². The molecule has 4 atom stereocenters. The number of esters is 1. The van der Waals surface area contributed by atoms with Crippen LogP contribution in [-0.2, 0) is 9.53 Å². The Balaban J connectivity index is 1.83. The van der Waals surface area contributed by atoms with Gasteiger partial charge < -0.3 is 10.5 Å². The van der Waals surface area contributed by atoms with Gasteiger partial charge in [-0.05, 0) is 50.4 Å². The van der Waals surface area contributed by atoms with E-state index in [9.17, 15) is 4.79 Å². The van der Waals surface area contributed by atoms with Crippen LogP contribution in [0.5, 0.6) is 0 Å². The Labute approximate surface area is 110 Å². The van der Waals surface area contributed by atoms with Crippen LogP contribution in [0.1, 0.15) is 58.8 Å². The van der Waals surface area contributed by atoms with Crippen molar-refractivity contribution in [3.8, 4) is 0 Å². The molecule has 4 unspecified atom stereocenters. The highest BCUT2D eigenvalue weighted by atomic mass is 16.5. The normalized spacial score (nSPS) is 41.4. The summed E-state index contributed by atoms with van der Waals surface area (Å²) in [6.45, 7) is 4.51. The molecule has 0 aromatic rings. The van der Waals surface area contributed by atoms with E-state index in [-0.39, 0.29) is 24.0 Å². The fraction of sp³-hybridized carbons (Fsp3) is 0.933. The third-order valence-electron chi connectivity index (χ3n) is 4.47. The number of carbonyl (C=O) groups excluding carboxylic acids is 1. The van der Waals surface area contributed by atoms with Crippen LogP contribution in [0.4, 0.5) is 0 Å². The van der Waals surface area contributed by atoms with E-state index in [0.29, 0.717) is 11.8 Å². The first-order chi connectivity index (χ1) is 8.54. The molecule has 0 bridgehead atoms. The Morgan fingerprint density at radius 3 is 2.33 bits per heavy atom. The van der Waals surface area contributed by atoms with Gasteiger partial charge in [0.1, 0.15) is 6.10 Å². The van der Waals surface area contributed by atoms with Crippen LogP contribution in [0.3, 0.4) is 0 Å². The second kappa shape index (κ2) is 6.05. The molecule has 2 aliphatic rings. The maximum atomic E-state index is 12.1. The molecule has 104 valence electrons. The van der Waals surface area contributed by atoms with Crippen LogP contribution in [0, 0.1) is 17.8 Å². The van der Waals surface area contributed by atoms with E-state index in [1.165, 1.54) is 6.42 Å². The fourth-order valence-electron chi connectivity index (χ4n) is 3.67. The molecule has 0 spiro atoms. The van der Waals surface area contributed by atoms with E-state index in [1.54, 1.807) is 0 Å². The average Bonchev–Trinajstić information content (AvgIpc) is 2.27. The molecule has 0 saturated heterocycles. The molecule has 0 heterocycles. The van der Waals surface area contributed by atoms with Crippen LogP contribution >= 0.6 is 0 Å². The van der Waals surface area contributed by atoms with Gasteiger partial charge >= 0.3 is 5.97 Å². The van der Waals surface area contributed by atoms with Crippen molar-refractivity contribution in [2.75, 3.05) is 0 Å². The van der Waals surface area contributed by atoms with Crippen molar-refractivity contribution in [3.05, 3.63) is 0 Å². The van der Waals surface area contributed by atoms with Crippen molar-refractivity contribution in [2.24, 2.45) is 23.5 Å². The lowest BCUT2D eigenvalue weighted by Gasteiger charge is -2.33. The molecule has 3 heteroatoms. The first-order valence-electron chi connectivity index (χ1n) is 7.50. The van der Waals surface area contributed by atoms with E-state index < -0.39 is 0 Å². The monoisotopic (exact) mass is 253 g/mol. The molecule has 0 aromatic carbocycles. The molecule has 2 rings (SSSR count). The third-order valence-corrected chi connectivity index (χ3v) is 4.47. The SMILES string of the molecule is CC1CC(C)CC(OC(=O)C2CCCC(N)C2)C1. The first kappa shape index (κ1) is 13.9. The molecule has 0 aliphatic heterocycles. The van der Waals surface area contributed by atoms with E-state index in [2.05, 4.69) is 13.8 Å². The van der Waals surface area contributed by atoms with Gasteiger partial charge in [-0.1, -0.05) is 20.3 Å². The second-order valence-electron chi connectivity index (χ2n) is 6.60. The number of nitrogens with two attached hydrogens (primary N) is 1. The zero-order valence-electron chi connectivity index (χ0n) is 11.7. The van der Waals surface area contributed by atoms with Gasteiger partial charge in [0, 0.05) is 6.04 Å². The van der Waals surface area contributed by atoms with Crippen LogP contribution in [0.15, 0.2) is 0 Å². The molecule has 3 nitrogen and oxygen atoms in total. The molecule has 2 fully saturated rings. The zero-order valence-corrected chi connectivity index (χ0v) is 11.7. The zero-order chi connectivity index (χ0) is 13.1. The predicted molar refractivity (Wildman–Crippen MR) is 72.0 cm³/mol. The van der Waals surface area contributed by atoms with Gasteiger partial charge in [-0.25, -0.2) is 0 Å². The Kier molecular flexibility index (Phi) is 4.66. The molecule has 0 radical (unpaired) electrons. The van der Waals surface area contributed by atoms with Crippen molar-refractivity contribution < 1.29 is 9.53 Å². The summed E-state index contributed by atoms with van der Waals surface area (Å²) in [5, 5.41) is 0. The molecule has 0 amide bonds. The van der Waals surface area contributed by atoms with Gasteiger partial charge in [0.25, 0.3) is 0 Å². The lowest BCUT2D eigenvalue weighted by Crippen LogP contribution is -2.35. The highest BCUT2D eigenvalue weighted by molar-refractivity contribution is 5.72. The van der Waals surface area contributed by atoms with Crippen molar-refractivity contribution in [1.82, 2.24) is 0 Å². The van der Waals surface area contributed by atoms with Crippen LogP contribution in [0.2, 0.25) is 0 Å². The number of hydrogen-bond acceptors (Lipinski definition) is 3. The Bertz CT molecular complexity index is 282. The van der Waals surface area contributed by atoms with Crippen molar-refractivity contribution >= 4 is 5.97 Å². The summed E-state index contributed by atoms with van der Waals surface area (Å²) in [6.07, 6.45) is 7.39. The maximum absolute atomic E-state index is 12.1. The maximum Gasteiger partial charge on any atom is 0.309 e. The molecule has 18 heavy (non-hydrogen) atoms. The lowest BCUT2D eigenvalue weighted by atomic mass is 9.81. The summed E-state index contributed by atoms with van der Waals surface area (Å²) in [7, 11) is 0.